The van der Waals surface area contributed by atoms with Gasteiger partial charge in [0.05, 0.1) is 0 Å². The lowest BCUT2D eigenvalue weighted by Gasteiger charge is -2.16. The molecule has 0 fully saturated rings. The lowest BCUT2D eigenvalue weighted by Crippen LogP contribution is -2.20. The smallest absolute Gasteiger partial charge is 0.0358 e. The minimum atomic E-state index is 0.856. The zero-order chi connectivity index (χ0) is 13.9. The van der Waals surface area contributed by atoms with Crippen molar-refractivity contribution in [2.75, 3.05) is 13.1 Å². The fraction of sp³-hybridized carbons (Fsp3) is 0.556. The number of aryl methyl sites for hydroxylation is 1. The van der Waals surface area contributed by atoms with Crippen LogP contribution in [0.4, 0.5) is 0 Å². The monoisotopic (exact) mass is 257 g/mol. The third-order valence-electron chi connectivity index (χ3n) is 3.21. The van der Waals surface area contributed by atoms with Crippen molar-refractivity contribution in [3.05, 3.63) is 35.4 Å². The van der Waals surface area contributed by atoms with Gasteiger partial charge in [0.15, 0.2) is 0 Å². The van der Waals surface area contributed by atoms with Crippen LogP contribution in [0.5, 0.6) is 0 Å². The molecule has 0 spiro atoms. The normalized spacial score (nSPS) is 9.84. The Labute approximate surface area is 119 Å². The Bertz CT molecular complexity index is 386. The van der Waals surface area contributed by atoms with Crippen molar-refractivity contribution in [3.63, 3.8) is 0 Å². The van der Waals surface area contributed by atoms with Crippen LogP contribution in [-0.4, -0.2) is 18.0 Å². The van der Waals surface area contributed by atoms with E-state index in [-0.39, 0.29) is 0 Å². The third-order valence-corrected chi connectivity index (χ3v) is 3.21. The lowest BCUT2D eigenvalue weighted by atomic mass is 10.1. The molecule has 0 atom stereocenters. The second-order valence-corrected chi connectivity index (χ2v) is 5.15. The van der Waals surface area contributed by atoms with Crippen molar-refractivity contribution in [1.82, 2.24) is 4.90 Å². The highest BCUT2D eigenvalue weighted by Gasteiger charge is 1.97. The molecule has 0 bridgehead atoms. The van der Waals surface area contributed by atoms with E-state index in [4.69, 9.17) is 0 Å². The average Bonchev–Trinajstić information content (AvgIpc) is 2.43. The van der Waals surface area contributed by atoms with Crippen LogP contribution in [0.3, 0.4) is 0 Å². The van der Waals surface area contributed by atoms with Crippen molar-refractivity contribution in [2.24, 2.45) is 0 Å². The number of nitrogens with zero attached hydrogens (tertiary/aromatic N) is 1. The molecule has 1 nitrogen and oxygen atoms in total. The molecule has 0 saturated heterocycles. The summed E-state index contributed by atoms with van der Waals surface area (Å²) in [6.07, 6.45) is 5.81. The number of rotatable bonds is 7. The number of benzene rings is 1. The highest BCUT2D eigenvalue weighted by molar-refractivity contribution is 5.24. The van der Waals surface area contributed by atoms with Crippen molar-refractivity contribution in [2.45, 2.75) is 52.9 Å². The molecule has 0 aliphatic rings. The van der Waals surface area contributed by atoms with Gasteiger partial charge < -0.3 is 4.90 Å². The molecule has 1 heteroatoms. The van der Waals surface area contributed by atoms with Gasteiger partial charge in [0, 0.05) is 25.6 Å². The van der Waals surface area contributed by atoms with Gasteiger partial charge in [-0.1, -0.05) is 62.4 Å². The average molecular weight is 257 g/mol. The van der Waals surface area contributed by atoms with E-state index >= 15 is 0 Å². The molecule has 1 aromatic carbocycles. The van der Waals surface area contributed by atoms with Crippen molar-refractivity contribution in [1.29, 1.82) is 0 Å². The molecule has 0 aromatic heterocycles. The first-order valence-electron chi connectivity index (χ1n) is 7.55. The highest BCUT2D eigenvalue weighted by Crippen LogP contribution is 2.03. The minimum absolute atomic E-state index is 0.856. The first-order valence-corrected chi connectivity index (χ1v) is 7.55. The Balaban J connectivity index is 2.48. The molecule has 0 aliphatic carbocycles. The maximum Gasteiger partial charge on any atom is 0.0358 e. The summed E-state index contributed by atoms with van der Waals surface area (Å²) in [6.45, 7) is 8.80. The topological polar surface area (TPSA) is 3.24 Å². The van der Waals surface area contributed by atoms with E-state index in [0.29, 0.717) is 0 Å². The second-order valence-electron chi connectivity index (χ2n) is 5.15. The Morgan fingerprint density at radius 2 is 1.53 bits per heavy atom. The molecule has 0 unspecified atom stereocenters. The van der Waals surface area contributed by atoms with E-state index in [1.165, 1.54) is 36.8 Å². The summed E-state index contributed by atoms with van der Waals surface area (Å²) >= 11 is 0. The Kier molecular flexibility index (Phi) is 7.82. The molecule has 0 amide bonds. The molecule has 0 N–H and O–H groups in total. The first-order chi connectivity index (χ1) is 9.26. The van der Waals surface area contributed by atoms with Crippen LogP contribution in [0.2, 0.25) is 0 Å². The van der Waals surface area contributed by atoms with Crippen molar-refractivity contribution in [3.8, 4) is 12.0 Å². The molecule has 0 saturated carbocycles. The largest absolute Gasteiger partial charge is 0.333 e. The predicted octanol–water partition coefficient (Wildman–Crippen LogP) is 4.40. The number of hydrogen-bond donors (Lipinski definition) is 0. The van der Waals surface area contributed by atoms with E-state index in [1.807, 2.05) is 0 Å². The van der Waals surface area contributed by atoms with Crippen LogP contribution in [-0.2, 0) is 6.42 Å². The summed E-state index contributed by atoms with van der Waals surface area (Å²) in [5, 5.41) is 0. The Morgan fingerprint density at radius 3 is 2.05 bits per heavy atom. The number of unbranched alkanes of at least 4 members (excludes halogenated alkanes) is 2. The molecule has 0 aliphatic heterocycles. The lowest BCUT2D eigenvalue weighted by molar-refractivity contribution is 0.380. The summed E-state index contributed by atoms with van der Waals surface area (Å²) in [4.78, 5) is 2.29. The molecule has 0 radical (unpaired) electrons. The maximum atomic E-state index is 3.34. The third kappa shape index (κ3) is 6.91. The first kappa shape index (κ1) is 15.6. The molecule has 0 heterocycles. The maximum absolute atomic E-state index is 3.34. The van der Waals surface area contributed by atoms with E-state index < -0.39 is 0 Å². The fourth-order valence-electron chi connectivity index (χ4n) is 1.88. The number of hydrogen-bond acceptors (Lipinski definition) is 1. The summed E-state index contributed by atoms with van der Waals surface area (Å²) in [5.74, 6) is 3.31. The molecular formula is C18H27N. The fourth-order valence-corrected chi connectivity index (χ4v) is 1.88. The van der Waals surface area contributed by atoms with Crippen LogP contribution in [0, 0.1) is 18.9 Å². The van der Waals surface area contributed by atoms with Gasteiger partial charge in [0.1, 0.15) is 0 Å². The van der Waals surface area contributed by atoms with Gasteiger partial charge in [-0.3, -0.25) is 0 Å². The van der Waals surface area contributed by atoms with Crippen LogP contribution >= 0.6 is 0 Å². The molecule has 104 valence electrons. The molecule has 1 rings (SSSR count). The van der Waals surface area contributed by atoms with Crippen molar-refractivity contribution < 1.29 is 0 Å². The quantitative estimate of drug-likeness (QED) is 0.517. The standard InChI is InChI=1S/C18H27N/c1-4-6-14-19(15-7-5-2)16-8-9-18-12-10-17(3)11-13-18/h10-13H,4-7,9,14-15H2,1-3H3. The minimum Gasteiger partial charge on any atom is -0.333 e. The van der Waals surface area contributed by atoms with Crippen LogP contribution in [0.15, 0.2) is 24.3 Å². The van der Waals surface area contributed by atoms with Crippen LogP contribution in [0.25, 0.3) is 0 Å². The van der Waals surface area contributed by atoms with E-state index in [2.05, 4.69) is 61.9 Å². The highest BCUT2D eigenvalue weighted by atomic mass is 15.1. The van der Waals surface area contributed by atoms with Crippen LogP contribution < -0.4 is 0 Å². The van der Waals surface area contributed by atoms with E-state index in [0.717, 1.165) is 19.5 Å². The van der Waals surface area contributed by atoms with Gasteiger partial charge in [0.2, 0.25) is 0 Å². The predicted molar refractivity (Wildman–Crippen MR) is 84.0 cm³/mol. The van der Waals surface area contributed by atoms with Crippen molar-refractivity contribution >= 4 is 0 Å². The summed E-state index contributed by atoms with van der Waals surface area (Å²) in [6, 6.07) is 12.0. The Morgan fingerprint density at radius 1 is 0.947 bits per heavy atom. The van der Waals surface area contributed by atoms with Gasteiger partial charge in [-0.15, -0.1) is 0 Å². The van der Waals surface area contributed by atoms with Gasteiger partial charge in [0.25, 0.3) is 0 Å². The van der Waals surface area contributed by atoms with E-state index in [9.17, 15) is 0 Å². The van der Waals surface area contributed by atoms with Gasteiger partial charge in [-0.25, -0.2) is 0 Å². The SMILES string of the molecule is CCCCN(C#CCc1ccc(C)cc1)CCCC. The van der Waals surface area contributed by atoms with Crippen LogP contribution in [0.1, 0.15) is 50.7 Å². The van der Waals surface area contributed by atoms with Gasteiger partial charge in [-0.05, 0) is 25.3 Å². The molecule has 19 heavy (non-hydrogen) atoms. The van der Waals surface area contributed by atoms with E-state index in [1.54, 1.807) is 0 Å². The molecular weight excluding hydrogens is 230 g/mol. The molecule has 1 aromatic rings. The van der Waals surface area contributed by atoms with Gasteiger partial charge in [-0.2, -0.15) is 0 Å². The zero-order valence-electron chi connectivity index (χ0n) is 12.7. The second kappa shape index (κ2) is 9.50. The Hall–Kier alpha value is -1.42. The van der Waals surface area contributed by atoms with Gasteiger partial charge >= 0.3 is 0 Å². The zero-order valence-corrected chi connectivity index (χ0v) is 12.7. The summed E-state index contributed by atoms with van der Waals surface area (Å²) < 4.78 is 0. The summed E-state index contributed by atoms with van der Waals surface area (Å²) in [5.41, 5.74) is 2.62. The summed E-state index contributed by atoms with van der Waals surface area (Å²) in [7, 11) is 0.